The second-order valence-electron chi connectivity index (χ2n) is 8.19. The van der Waals surface area contributed by atoms with Crippen molar-refractivity contribution in [2.45, 2.75) is 52.5 Å². The number of carbonyl (C=O) groups is 1. The molecule has 0 spiro atoms. The fourth-order valence-electron chi connectivity index (χ4n) is 3.88. The van der Waals surface area contributed by atoms with Gasteiger partial charge in [0, 0.05) is 31.0 Å². The second kappa shape index (κ2) is 10.1. The maximum absolute atomic E-state index is 12.8. The third kappa shape index (κ3) is 5.50. The van der Waals surface area contributed by atoms with Gasteiger partial charge in [0.25, 0.3) is 0 Å². The number of likely N-dealkylation sites (N-methyl/N-ethyl adjacent to an activating group) is 1. The van der Waals surface area contributed by atoms with Gasteiger partial charge in [-0.25, -0.2) is 9.97 Å². The normalized spacial score (nSPS) is 15.3. The highest BCUT2D eigenvalue weighted by Gasteiger charge is 2.33. The Morgan fingerprint density at radius 3 is 2.54 bits per heavy atom. The van der Waals surface area contributed by atoms with E-state index in [-0.39, 0.29) is 25.4 Å². The van der Waals surface area contributed by atoms with E-state index in [4.69, 9.17) is 0 Å². The van der Waals surface area contributed by atoms with Gasteiger partial charge < -0.3 is 15.5 Å². The summed E-state index contributed by atoms with van der Waals surface area (Å²) in [6.45, 7) is 6.00. The second-order valence-corrected chi connectivity index (χ2v) is 8.19. The van der Waals surface area contributed by atoms with E-state index in [0.717, 1.165) is 11.6 Å². The van der Waals surface area contributed by atoms with E-state index in [9.17, 15) is 18.0 Å². The quantitative estimate of drug-likeness (QED) is 0.524. The average Bonchev–Trinajstić information content (AvgIpc) is 3.21. The highest BCUT2D eigenvalue weighted by Crippen LogP contribution is 2.33. The number of rotatable bonds is 6. The van der Waals surface area contributed by atoms with Crippen LogP contribution in [0.25, 0.3) is 0 Å². The van der Waals surface area contributed by atoms with E-state index < -0.39 is 11.9 Å². The summed E-state index contributed by atoms with van der Waals surface area (Å²) in [6.07, 6.45) is -0.344. The van der Waals surface area contributed by atoms with Gasteiger partial charge in [-0.1, -0.05) is 13.0 Å². The maximum Gasteiger partial charge on any atom is 0.433 e. The van der Waals surface area contributed by atoms with Crippen molar-refractivity contribution in [2.24, 2.45) is 0 Å². The summed E-state index contributed by atoms with van der Waals surface area (Å²) < 4.78 is 40.1. The summed E-state index contributed by atoms with van der Waals surface area (Å²) in [6, 6.07) is 2.11. The van der Waals surface area contributed by atoms with Crippen molar-refractivity contribution in [2.75, 3.05) is 22.6 Å². The predicted molar refractivity (Wildman–Crippen MR) is 131 cm³/mol. The molecule has 0 bridgehead atoms. The smallest absolute Gasteiger partial charge is 0.350 e. The lowest BCUT2D eigenvalue weighted by Crippen LogP contribution is -2.46. The van der Waals surface area contributed by atoms with Gasteiger partial charge in [-0.3, -0.25) is 9.48 Å². The van der Waals surface area contributed by atoms with Crippen molar-refractivity contribution >= 4 is 36.9 Å². The molecular formula is C22H27F3N8OS. The van der Waals surface area contributed by atoms with Crippen molar-refractivity contribution in [1.82, 2.24) is 24.7 Å². The van der Waals surface area contributed by atoms with Crippen LogP contribution in [-0.2, 0) is 24.1 Å². The molecule has 9 nitrogen and oxygen atoms in total. The Balaban J connectivity index is 0.00000342. The first-order valence-electron chi connectivity index (χ1n) is 10.8. The van der Waals surface area contributed by atoms with Crippen LogP contribution in [0.5, 0.6) is 0 Å². The summed E-state index contributed by atoms with van der Waals surface area (Å²) in [7, 11) is 1.84. The molecule has 0 aromatic carbocycles. The van der Waals surface area contributed by atoms with Crippen molar-refractivity contribution in [1.29, 1.82) is 0 Å². The Bertz CT molecular complexity index is 1230. The number of anilines is 3. The van der Waals surface area contributed by atoms with Crippen LogP contribution in [0.3, 0.4) is 0 Å². The Morgan fingerprint density at radius 1 is 1.14 bits per heavy atom. The summed E-state index contributed by atoms with van der Waals surface area (Å²) >= 11 is 0. The van der Waals surface area contributed by atoms with Crippen LogP contribution in [0.4, 0.5) is 30.6 Å². The lowest BCUT2D eigenvalue weighted by atomic mass is 10.1. The van der Waals surface area contributed by atoms with Gasteiger partial charge in [0.2, 0.25) is 11.9 Å². The molecule has 3 aromatic rings. The van der Waals surface area contributed by atoms with E-state index in [1.54, 1.807) is 24.0 Å². The monoisotopic (exact) mass is 508 g/mol. The minimum atomic E-state index is -4.47. The molecule has 3 aromatic heterocycles. The largest absolute Gasteiger partial charge is 0.433 e. The van der Waals surface area contributed by atoms with Gasteiger partial charge >= 0.3 is 6.18 Å². The zero-order valence-electron chi connectivity index (χ0n) is 19.7. The van der Waals surface area contributed by atoms with Gasteiger partial charge in [0.15, 0.2) is 5.82 Å². The Morgan fingerprint density at radius 2 is 1.89 bits per heavy atom. The number of fused-ring (bicyclic) bond motifs is 1. The number of carbonyl (C=O) groups excluding carboxylic acids is 1. The third-order valence-corrected chi connectivity index (χ3v) is 5.77. The molecule has 2 N–H and O–H groups in total. The Kier molecular flexibility index (Phi) is 7.58. The molecule has 1 atom stereocenters. The zero-order valence-corrected chi connectivity index (χ0v) is 20.7. The molecule has 13 heteroatoms. The molecule has 188 valence electrons. The number of hydrogen-bond donors (Lipinski definition) is 2. The van der Waals surface area contributed by atoms with Crippen molar-refractivity contribution in [3.63, 3.8) is 0 Å². The molecule has 1 aliphatic rings. The molecule has 0 fully saturated rings. The molecule has 1 aliphatic heterocycles. The van der Waals surface area contributed by atoms with Crippen LogP contribution in [0, 0.1) is 13.8 Å². The van der Waals surface area contributed by atoms with Crippen LogP contribution in [0.2, 0.25) is 0 Å². The summed E-state index contributed by atoms with van der Waals surface area (Å²) in [4.78, 5) is 26.8. The molecule has 0 aliphatic carbocycles. The van der Waals surface area contributed by atoms with Crippen LogP contribution in [-0.4, -0.2) is 43.7 Å². The topological polar surface area (TPSA) is 101 Å². The highest BCUT2D eigenvalue weighted by molar-refractivity contribution is 7.59. The van der Waals surface area contributed by atoms with Crippen molar-refractivity contribution in [3.8, 4) is 0 Å². The minimum absolute atomic E-state index is 0. The highest BCUT2D eigenvalue weighted by atomic mass is 32.1. The van der Waals surface area contributed by atoms with Crippen LogP contribution in [0.15, 0.2) is 24.5 Å². The SMILES string of the molecule is CC[C@H]1C(=O)Nc2c(C)nc(NCc3cnn(Cc4ccc(C(F)(F)F)nc4C)c3)nc2N1C.S. The number of aryl methyl sites for hydroxylation is 2. The van der Waals surface area contributed by atoms with Crippen LogP contribution in [0.1, 0.15) is 41.6 Å². The fraction of sp³-hybridized carbons (Fsp3) is 0.409. The standard InChI is InChI=1S/C22H25F3N8O.H2S/c1-5-16-20(34)30-18-13(3)29-21(31-19(18)32(16)4)26-8-14-9-27-33(10-14)11-15-6-7-17(22(23,24)25)28-12(15)2;/h6-7,9-10,16H,5,8,11H2,1-4H3,(H,30,34)(H,26,29,31);1H2/t16-;/m0./s1. The molecule has 0 saturated heterocycles. The zero-order chi connectivity index (χ0) is 24.6. The van der Waals surface area contributed by atoms with E-state index in [2.05, 4.69) is 30.7 Å². The fourth-order valence-corrected chi connectivity index (χ4v) is 3.88. The molecule has 1 amide bonds. The van der Waals surface area contributed by atoms with Crippen molar-refractivity contribution < 1.29 is 18.0 Å². The first-order valence-corrected chi connectivity index (χ1v) is 10.8. The molecule has 0 saturated carbocycles. The first-order chi connectivity index (χ1) is 16.1. The number of pyridine rings is 1. The lowest BCUT2D eigenvalue weighted by Gasteiger charge is -2.34. The number of hydrogen-bond acceptors (Lipinski definition) is 7. The van der Waals surface area contributed by atoms with E-state index >= 15 is 0 Å². The van der Waals surface area contributed by atoms with E-state index in [1.165, 1.54) is 6.07 Å². The van der Waals surface area contributed by atoms with E-state index in [1.807, 2.05) is 25.8 Å². The number of aromatic nitrogens is 5. The maximum atomic E-state index is 12.8. The molecule has 4 rings (SSSR count). The van der Waals surface area contributed by atoms with Gasteiger partial charge in [0.05, 0.1) is 18.4 Å². The first kappa shape index (κ1) is 26.3. The molecule has 35 heavy (non-hydrogen) atoms. The number of nitrogens with zero attached hydrogens (tertiary/aromatic N) is 6. The predicted octanol–water partition coefficient (Wildman–Crippen LogP) is 3.64. The number of halogens is 3. The van der Waals surface area contributed by atoms with Crippen LogP contribution < -0.4 is 15.5 Å². The van der Waals surface area contributed by atoms with Crippen molar-refractivity contribution in [3.05, 3.63) is 52.7 Å². The number of nitrogens with one attached hydrogen (secondary N) is 2. The van der Waals surface area contributed by atoms with Gasteiger partial charge in [-0.05, 0) is 31.9 Å². The summed E-state index contributed by atoms with van der Waals surface area (Å²) in [5.41, 5.74) is 2.17. The molecule has 4 heterocycles. The van der Waals surface area contributed by atoms with Gasteiger partial charge in [-0.2, -0.15) is 36.7 Å². The minimum Gasteiger partial charge on any atom is -0.350 e. The van der Waals surface area contributed by atoms with E-state index in [0.29, 0.717) is 53.9 Å². The third-order valence-electron chi connectivity index (χ3n) is 5.77. The molecular weight excluding hydrogens is 481 g/mol. The average molecular weight is 509 g/mol. The number of alkyl halides is 3. The summed E-state index contributed by atoms with van der Waals surface area (Å²) in [5.74, 6) is 1.00. The van der Waals surface area contributed by atoms with Crippen LogP contribution >= 0.6 is 13.5 Å². The lowest BCUT2D eigenvalue weighted by molar-refractivity contribution is -0.141. The Hall–Kier alpha value is -3.35. The van der Waals surface area contributed by atoms with Gasteiger partial charge in [0.1, 0.15) is 17.4 Å². The number of amides is 1. The molecule has 0 radical (unpaired) electrons. The summed E-state index contributed by atoms with van der Waals surface area (Å²) in [5, 5.41) is 10.4. The molecule has 0 unspecified atom stereocenters. The Labute approximate surface area is 207 Å². The van der Waals surface area contributed by atoms with Gasteiger partial charge in [-0.15, -0.1) is 0 Å².